The number of rotatable bonds is 5. The number of ether oxygens (including phenoxy) is 3. The predicted molar refractivity (Wildman–Crippen MR) is 136 cm³/mol. The van der Waals surface area contributed by atoms with Crippen LogP contribution in [0.1, 0.15) is 49.2 Å². The van der Waals surface area contributed by atoms with E-state index in [1.807, 2.05) is 73.5 Å². The molecule has 8 heteroatoms. The summed E-state index contributed by atoms with van der Waals surface area (Å²) in [6.45, 7) is 3.88. The van der Waals surface area contributed by atoms with Gasteiger partial charge in [0, 0.05) is 27.6 Å². The topological polar surface area (TPSA) is 43.3 Å². The maximum absolute atomic E-state index is 6.64. The highest BCUT2D eigenvalue weighted by molar-refractivity contribution is 6.32. The van der Waals surface area contributed by atoms with Gasteiger partial charge >= 0.3 is 0 Å². The van der Waals surface area contributed by atoms with Gasteiger partial charge < -0.3 is 14.2 Å². The normalized spacial score (nSPS) is 18.8. The van der Waals surface area contributed by atoms with Crippen molar-refractivity contribution >= 4 is 40.5 Å². The number of nitrogens with zero attached hydrogens (tertiary/aromatic N) is 2. The Labute approximate surface area is 213 Å². The monoisotopic (exact) mass is 516 g/mol. The summed E-state index contributed by atoms with van der Waals surface area (Å²) < 4.78 is 17.9. The number of halogens is 3. The second-order valence-electron chi connectivity index (χ2n) is 8.51. The maximum Gasteiger partial charge on any atom is 0.214 e. The van der Waals surface area contributed by atoms with Crippen molar-refractivity contribution in [3.8, 4) is 17.2 Å². The quantitative estimate of drug-likeness (QED) is 0.348. The minimum Gasteiger partial charge on any atom is -0.493 e. The van der Waals surface area contributed by atoms with E-state index in [-0.39, 0.29) is 12.1 Å². The minimum absolute atomic E-state index is 0.0468. The van der Waals surface area contributed by atoms with Crippen molar-refractivity contribution in [2.24, 2.45) is 5.10 Å². The van der Waals surface area contributed by atoms with E-state index in [1.54, 1.807) is 7.11 Å². The van der Waals surface area contributed by atoms with Crippen molar-refractivity contribution in [2.45, 2.75) is 38.6 Å². The molecular formula is C26H23Cl3N2O3. The van der Waals surface area contributed by atoms with Gasteiger partial charge in [-0.25, -0.2) is 5.01 Å². The van der Waals surface area contributed by atoms with Gasteiger partial charge in [0.25, 0.3) is 0 Å². The Bertz CT molecular complexity index is 1260. The summed E-state index contributed by atoms with van der Waals surface area (Å²) in [5.41, 5.74) is 3.76. The largest absolute Gasteiger partial charge is 0.493 e. The third-order valence-electron chi connectivity index (χ3n) is 5.82. The van der Waals surface area contributed by atoms with E-state index < -0.39 is 6.23 Å². The van der Waals surface area contributed by atoms with Gasteiger partial charge in [-0.15, -0.1) is 0 Å². The van der Waals surface area contributed by atoms with Crippen LogP contribution < -0.4 is 14.2 Å². The second kappa shape index (κ2) is 9.21. The van der Waals surface area contributed by atoms with Crippen molar-refractivity contribution in [2.75, 3.05) is 7.11 Å². The van der Waals surface area contributed by atoms with Gasteiger partial charge in [-0.05, 0) is 61.9 Å². The fourth-order valence-electron chi connectivity index (χ4n) is 4.33. The minimum atomic E-state index is -0.511. The van der Waals surface area contributed by atoms with Crippen LogP contribution in [0.2, 0.25) is 15.1 Å². The third-order valence-corrected chi connectivity index (χ3v) is 6.59. The van der Waals surface area contributed by atoms with Crippen LogP contribution in [0.5, 0.6) is 17.2 Å². The highest BCUT2D eigenvalue weighted by atomic mass is 35.5. The van der Waals surface area contributed by atoms with E-state index in [1.165, 1.54) is 0 Å². The van der Waals surface area contributed by atoms with Crippen LogP contribution in [-0.2, 0) is 0 Å². The molecule has 0 saturated carbocycles. The average molecular weight is 518 g/mol. The van der Waals surface area contributed by atoms with Crippen molar-refractivity contribution < 1.29 is 14.2 Å². The molecule has 0 amide bonds. The molecule has 2 atom stereocenters. The molecule has 176 valence electrons. The van der Waals surface area contributed by atoms with Gasteiger partial charge in [-0.2, -0.15) is 5.10 Å². The second-order valence-corrected chi connectivity index (χ2v) is 9.79. The lowest BCUT2D eigenvalue weighted by atomic mass is 9.96. The van der Waals surface area contributed by atoms with Gasteiger partial charge in [0.2, 0.25) is 6.23 Å². The van der Waals surface area contributed by atoms with Crippen molar-refractivity contribution in [3.63, 3.8) is 0 Å². The van der Waals surface area contributed by atoms with Crippen LogP contribution in [0.25, 0.3) is 0 Å². The van der Waals surface area contributed by atoms with Gasteiger partial charge in [-0.3, -0.25) is 0 Å². The zero-order valence-corrected chi connectivity index (χ0v) is 21.2. The number of benzene rings is 3. The van der Waals surface area contributed by atoms with E-state index >= 15 is 0 Å². The standard InChI is InChI=1S/C26H23Cl3N2O3/c1-14(2)33-25-20(29)10-16(11-24(25)32-3)26-31-22(19-12-18(28)8-9-23(19)34-26)13-21(30-31)15-4-6-17(27)7-5-15/h4-12,14,22,26H,13H2,1-3H3/t22-,26-/m0/s1. The lowest BCUT2D eigenvalue weighted by Gasteiger charge is -2.38. The molecule has 34 heavy (non-hydrogen) atoms. The number of hydrogen-bond acceptors (Lipinski definition) is 5. The highest BCUT2D eigenvalue weighted by Gasteiger charge is 2.41. The molecule has 0 saturated heterocycles. The summed E-state index contributed by atoms with van der Waals surface area (Å²) in [6.07, 6.45) is 0.145. The Balaban J connectivity index is 1.60. The molecule has 0 unspecified atom stereocenters. The molecule has 5 nitrogen and oxygen atoms in total. The Hall–Kier alpha value is -2.60. The molecule has 3 aromatic carbocycles. The van der Waals surface area contributed by atoms with Crippen LogP contribution in [0, 0.1) is 0 Å². The first-order valence-electron chi connectivity index (χ1n) is 11.0. The molecule has 3 aromatic rings. The molecular weight excluding hydrogens is 495 g/mol. The molecule has 2 heterocycles. The SMILES string of the molecule is COc1cc([C@@H]2Oc3ccc(Cl)cc3[C@@H]3CC(c4ccc(Cl)cc4)=NN32)cc(Cl)c1OC(C)C. The van der Waals surface area contributed by atoms with Crippen molar-refractivity contribution in [1.82, 2.24) is 5.01 Å². The van der Waals surface area contributed by atoms with E-state index in [0.717, 1.165) is 28.2 Å². The zero-order chi connectivity index (χ0) is 24.0. The van der Waals surface area contributed by atoms with E-state index in [9.17, 15) is 0 Å². The molecule has 0 aliphatic carbocycles. The molecule has 0 radical (unpaired) electrons. The number of hydrazone groups is 1. The van der Waals surface area contributed by atoms with Crippen molar-refractivity contribution in [3.05, 3.63) is 86.4 Å². The summed E-state index contributed by atoms with van der Waals surface area (Å²) in [6, 6.07) is 17.1. The zero-order valence-electron chi connectivity index (χ0n) is 18.9. The molecule has 5 rings (SSSR count). The summed E-state index contributed by atoms with van der Waals surface area (Å²) in [7, 11) is 1.59. The molecule has 0 spiro atoms. The van der Waals surface area contributed by atoms with Crippen LogP contribution in [0.4, 0.5) is 0 Å². The van der Waals surface area contributed by atoms with Gasteiger partial charge in [0.15, 0.2) is 11.5 Å². The molecule has 2 aliphatic heterocycles. The molecule has 2 aliphatic rings. The summed E-state index contributed by atoms with van der Waals surface area (Å²) in [5, 5.41) is 8.73. The lowest BCUT2D eigenvalue weighted by Crippen LogP contribution is -2.33. The summed E-state index contributed by atoms with van der Waals surface area (Å²) in [4.78, 5) is 0. The molecule has 0 fully saturated rings. The smallest absolute Gasteiger partial charge is 0.214 e. The van der Waals surface area contributed by atoms with Crippen LogP contribution in [0.15, 0.2) is 59.7 Å². The molecule has 0 aromatic heterocycles. The fraction of sp³-hybridized carbons (Fsp3) is 0.269. The molecule has 0 bridgehead atoms. The van der Waals surface area contributed by atoms with Gasteiger partial charge in [0.05, 0.1) is 30.0 Å². The Kier molecular flexibility index (Phi) is 6.28. The predicted octanol–water partition coefficient (Wildman–Crippen LogP) is 7.68. The Morgan fingerprint density at radius 2 is 1.74 bits per heavy atom. The first-order valence-corrected chi connectivity index (χ1v) is 12.1. The third kappa shape index (κ3) is 4.28. The van der Waals surface area contributed by atoms with Gasteiger partial charge in [0.1, 0.15) is 5.75 Å². The van der Waals surface area contributed by atoms with E-state index in [0.29, 0.717) is 33.0 Å². The Morgan fingerprint density at radius 1 is 1.00 bits per heavy atom. The molecule has 0 N–H and O–H groups in total. The first kappa shape index (κ1) is 23.2. The summed E-state index contributed by atoms with van der Waals surface area (Å²) >= 11 is 19.1. The highest BCUT2D eigenvalue weighted by Crippen LogP contribution is 2.50. The van der Waals surface area contributed by atoms with Crippen LogP contribution in [-0.4, -0.2) is 23.9 Å². The number of methoxy groups -OCH3 is 1. The maximum atomic E-state index is 6.64. The van der Waals surface area contributed by atoms with Crippen molar-refractivity contribution in [1.29, 1.82) is 0 Å². The fourth-order valence-corrected chi connectivity index (χ4v) is 4.90. The van der Waals surface area contributed by atoms with E-state index in [2.05, 4.69) is 0 Å². The summed E-state index contributed by atoms with van der Waals surface area (Å²) in [5.74, 6) is 1.81. The lowest BCUT2D eigenvalue weighted by molar-refractivity contribution is -0.0191. The average Bonchev–Trinajstić information content (AvgIpc) is 3.26. The van der Waals surface area contributed by atoms with E-state index in [4.69, 9.17) is 54.1 Å². The Morgan fingerprint density at radius 3 is 2.44 bits per heavy atom. The number of fused-ring (bicyclic) bond motifs is 3. The van der Waals surface area contributed by atoms with Crippen LogP contribution in [0.3, 0.4) is 0 Å². The first-order chi connectivity index (χ1) is 16.3. The van der Waals surface area contributed by atoms with Crippen LogP contribution >= 0.6 is 34.8 Å². The number of hydrogen-bond donors (Lipinski definition) is 0. The van der Waals surface area contributed by atoms with Gasteiger partial charge in [-0.1, -0.05) is 46.9 Å².